The topological polar surface area (TPSA) is 78.5 Å². The molecule has 6 nitrogen and oxygen atoms in total. The lowest BCUT2D eigenvalue weighted by atomic mass is 10.2. The zero-order valence-corrected chi connectivity index (χ0v) is 16.5. The second-order valence-corrected chi connectivity index (χ2v) is 8.89. The van der Waals surface area contributed by atoms with Gasteiger partial charge in [0.15, 0.2) is 0 Å². The van der Waals surface area contributed by atoms with Crippen molar-refractivity contribution in [1.29, 1.82) is 0 Å². The van der Waals surface area contributed by atoms with Crippen molar-refractivity contribution < 1.29 is 13.2 Å². The number of amides is 1. The number of carbonyl (C=O) groups excluding carboxylic acids is 1. The van der Waals surface area contributed by atoms with Crippen LogP contribution in [0.15, 0.2) is 40.6 Å². The SMILES string of the molecule is CCN(CC)C(CNS(=O)(=O)c1ccc2c(c1)CC(=O)N2)c1cccs1. The number of benzene rings is 1. The summed E-state index contributed by atoms with van der Waals surface area (Å²) in [7, 11) is -3.65. The molecule has 1 aromatic carbocycles. The Hall–Kier alpha value is -1.74. The number of carbonyl (C=O) groups is 1. The van der Waals surface area contributed by atoms with E-state index in [1.807, 2.05) is 17.5 Å². The molecule has 26 heavy (non-hydrogen) atoms. The Kier molecular flexibility index (Phi) is 5.76. The van der Waals surface area contributed by atoms with E-state index in [1.165, 1.54) is 6.07 Å². The molecule has 1 aliphatic heterocycles. The minimum absolute atomic E-state index is 0.00236. The van der Waals surface area contributed by atoms with Crippen LogP contribution in [0, 0.1) is 0 Å². The molecule has 0 aliphatic carbocycles. The van der Waals surface area contributed by atoms with Gasteiger partial charge in [-0.2, -0.15) is 0 Å². The Labute approximate surface area is 158 Å². The Morgan fingerprint density at radius 1 is 1.27 bits per heavy atom. The van der Waals surface area contributed by atoms with E-state index in [4.69, 9.17) is 0 Å². The van der Waals surface area contributed by atoms with Crippen LogP contribution in [0.5, 0.6) is 0 Å². The standard InChI is InChI=1S/C18H23N3O3S2/c1-3-21(4-2)16(17-6-5-9-25-17)12-19-26(23,24)14-7-8-15-13(10-14)11-18(22)20-15/h5-10,16,19H,3-4,11-12H2,1-2H3,(H,20,22). The molecule has 0 saturated carbocycles. The van der Waals surface area contributed by atoms with E-state index in [0.29, 0.717) is 12.2 Å². The smallest absolute Gasteiger partial charge is 0.240 e. The van der Waals surface area contributed by atoms with Crippen molar-refractivity contribution in [3.05, 3.63) is 46.2 Å². The maximum absolute atomic E-state index is 12.8. The van der Waals surface area contributed by atoms with Crippen molar-refractivity contribution in [3.63, 3.8) is 0 Å². The first kappa shape index (κ1) is 19.0. The van der Waals surface area contributed by atoms with E-state index < -0.39 is 10.0 Å². The second kappa shape index (κ2) is 7.87. The number of fused-ring (bicyclic) bond motifs is 1. The minimum atomic E-state index is -3.65. The maximum Gasteiger partial charge on any atom is 0.240 e. The summed E-state index contributed by atoms with van der Waals surface area (Å²) in [5, 5.41) is 4.72. The van der Waals surface area contributed by atoms with Crippen LogP contribution in [-0.4, -0.2) is 38.9 Å². The summed E-state index contributed by atoms with van der Waals surface area (Å²) in [6.45, 7) is 6.13. The molecule has 2 aromatic rings. The molecule has 1 amide bonds. The van der Waals surface area contributed by atoms with Gasteiger partial charge in [0, 0.05) is 17.1 Å². The van der Waals surface area contributed by atoms with Gasteiger partial charge in [-0.15, -0.1) is 11.3 Å². The summed E-state index contributed by atoms with van der Waals surface area (Å²) in [6.07, 6.45) is 0.218. The summed E-state index contributed by atoms with van der Waals surface area (Å²) < 4.78 is 28.3. The number of likely N-dealkylation sites (N-methyl/N-ethyl adjacent to an activating group) is 1. The number of sulfonamides is 1. The maximum atomic E-state index is 12.8. The first-order valence-corrected chi connectivity index (χ1v) is 11.0. The molecule has 8 heteroatoms. The van der Waals surface area contributed by atoms with Crippen LogP contribution in [0.4, 0.5) is 5.69 Å². The van der Waals surface area contributed by atoms with Crippen LogP contribution in [0.1, 0.15) is 30.3 Å². The van der Waals surface area contributed by atoms with Crippen LogP contribution in [0.25, 0.3) is 0 Å². The Balaban J connectivity index is 1.78. The third-order valence-electron chi connectivity index (χ3n) is 4.60. The fourth-order valence-corrected chi connectivity index (χ4v) is 5.15. The van der Waals surface area contributed by atoms with Crippen molar-refractivity contribution >= 4 is 33.0 Å². The molecular weight excluding hydrogens is 370 g/mol. The van der Waals surface area contributed by atoms with Crippen LogP contribution in [-0.2, 0) is 21.2 Å². The first-order valence-electron chi connectivity index (χ1n) is 8.64. The van der Waals surface area contributed by atoms with Gasteiger partial charge in [-0.1, -0.05) is 19.9 Å². The highest BCUT2D eigenvalue weighted by molar-refractivity contribution is 7.89. The Morgan fingerprint density at radius 3 is 2.69 bits per heavy atom. The molecule has 3 rings (SSSR count). The van der Waals surface area contributed by atoms with E-state index >= 15 is 0 Å². The molecule has 0 spiro atoms. The Morgan fingerprint density at radius 2 is 2.04 bits per heavy atom. The van der Waals surface area contributed by atoms with Gasteiger partial charge in [-0.3, -0.25) is 9.69 Å². The highest BCUT2D eigenvalue weighted by Crippen LogP contribution is 2.27. The lowest BCUT2D eigenvalue weighted by Gasteiger charge is -2.29. The molecule has 140 valence electrons. The average molecular weight is 394 g/mol. The molecule has 1 atom stereocenters. The molecule has 0 radical (unpaired) electrons. The molecule has 0 bridgehead atoms. The lowest BCUT2D eigenvalue weighted by Crippen LogP contribution is -2.37. The number of anilines is 1. The van der Waals surface area contributed by atoms with Crippen molar-refractivity contribution in [2.24, 2.45) is 0 Å². The summed E-state index contributed by atoms with van der Waals surface area (Å²) in [5.74, 6) is -0.109. The summed E-state index contributed by atoms with van der Waals surface area (Å²) >= 11 is 1.63. The van der Waals surface area contributed by atoms with E-state index in [1.54, 1.807) is 23.5 Å². The van der Waals surface area contributed by atoms with Crippen molar-refractivity contribution in [2.75, 3.05) is 25.0 Å². The quantitative estimate of drug-likeness (QED) is 0.723. The average Bonchev–Trinajstić information content (AvgIpc) is 3.26. The van der Waals surface area contributed by atoms with Crippen LogP contribution < -0.4 is 10.0 Å². The van der Waals surface area contributed by atoms with Crippen molar-refractivity contribution in [1.82, 2.24) is 9.62 Å². The third kappa shape index (κ3) is 3.98. The third-order valence-corrected chi connectivity index (χ3v) is 7.00. The van der Waals surface area contributed by atoms with Gasteiger partial charge in [0.05, 0.1) is 17.4 Å². The molecule has 1 aromatic heterocycles. The molecule has 2 N–H and O–H groups in total. The van der Waals surface area contributed by atoms with Gasteiger partial charge in [-0.25, -0.2) is 13.1 Å². The largest absolute Gasteiger partial charge is 0.326 e. The second-order valence-electron chi connectivity index (χ2n) is 6.15. The van der Waals surface area contributed by atoms with E-state index in [9.17, 15) is 13.2 Å². The van der Waals surface area contributed by atoms with E-state index in [2.05, 4.69) is 28.8 Å². The number of hydrogen-bond acceptors (Lipinski definition) is 5. The highest BCUT2D eigenvalue weighted by atomic mass is 32.2. The number of nitrogens with one attached hydrogen (secondary N) is 2. The van der Waals surface area contributed by atoms with Gasteiger partial charge < -0.3 is 5.32 Å². The summed E-state index contributed by atoms with van der Waals surface area (Å²) in [5.41, 5.74) is 1.41. The van der Waals surface area contributed by atoms with Gasteiger partial charge in [0.1, 0.15) is 0 Å². The van der Waals surface area contributed by atoms with Crippen molar-refractivity contribution in [3.8, 4) is 0 Å². The molecule has 1 aliphatic rings. The number of thiophene rings is 1. The van der Waals surface area contributed by atoms with Crippen molar-refractivity contribution in [2.45, 2.75) is 31.2 Å². The minimum Gasteiger partial charge on any atom is -0.326 e. The zero-order valence-electron chi connectivity index (χ0n) is 14.9. The fourth-order valence-electron chi connectivity index (χ4n) is 3.20. The van der Waals surface area contributed by atoms with Gasteiger partial charge in [0.2, 0.25) is 15.9 Å². The summed E-state index contributed by atoms with van der Waals surface area (Å²) in [4.78, 5) is 15.0. The Bertz CT molecular complexity index is 875. The van der Waals surface area contributed by atoms with E-state index in [0.717, 1.165) is 23.5 Å². The zero-order chi connectivity index (χ0) is 18.7. The van der Waals surface area contributed by atoms with Gasteiger partial charge in [0.25, 0.3) is 0 Å². The molecule has 1 unspecified atom stereocenters. The predicted molar refractivity (Wildman–Crippen MR) is 104 cm³/mol. The van der Waals surface area contributed by atoms with Crippen LogP contribution in [0.3, 0.4) is 0 Å². The molecule has 0 saturated heterocycles. The highest BCUT2D eigenvalue weighted by Gasteiger charge is 2.25. The number of nitrogens with zero attached hydrogens (tertiary/aromatic N) is 1. The lowest BCUT2D eigenvalue weighted by molar-refractivity contribution is -0.115. The van der Waals surface area contributed by atoms with Crippen LogP contribution in [0.2, 0.25) is 0 Å². The van der Waals surface area contributed by atoms with Gasteiger partial charge in [-0.05, 0) is 48.3 Å². The van der Waals surface area contributed by atoms with Crippen LogP contribution >= 0.6 is 11.3 Å². The predicted octanol–water partition coefficient (Wildman–Crippen LogP) is 2.60. The first-order chi connectivity index (χ1) is 12.4. The van der Waals surface area contributed by atoms with Gasteiger partial charge >= 0.3 is 0 Å². The normalized spacial score (nSPS) is 15.1. The summed E-state index contributed by atoms with van der Waals surface area (Å²) in [6, 6.07) is 8.77. The number of hydrogen-bond donors (Lipinski definition) is 2. The molecular formula is C18H23N3O3S2. The number of rotatable bonds is 8. The molecule has 2 heterocycles. The van der Waals surface area contributed by atoms with E-state index in [-0.39, 0.29) is 23.3 Å². The molecule has 0 fully saturated rings. The fraction of sp³-hybridized carbons (Fsp3) is 0.389. The monoisotopic (exact) mass is 393 g/mol.